The molecule has 1 heterocycles. The van der Waals surface area contributed by atoms with Crippen LogP contribution in [0.4, 0.5) is 8.78 Å². The van der Waals surface area contributed by atoms with Crippen LogP contribution in [0.5, 0.6) is 5.75 Å². The molecule has 1 saturated heterocycles. The van der Waals surface area contributed by atoms with Gasteiger partial charge in [0.2, 0.25) is 5.91 Å². The summed E-state index contributed by atoms with van der Waals surface area (Å²) in [7, 11) is 1.45. The van der Waals surface area contributed by atoms with E-state index >= 15 is 0 Å². The van der Waals surface area contributed by atoms with Crippen molar-refractivity contribution in [2.24, 2.45) is 0 Å². The standard InChI is InChI=1S/C22H34F2N2O4/c1-4-6-19(7-5-2)25-8-9-26(21(27)13-29-3)15-22(28,14-25)16-30-20-11-17(23)10-18(24)12-20/h10-12,19,28H,4-9,13-16H2,1-3H3/t22-/m1/s1. The fraction of sp³-hybridized carbons (Fsp3) is 0.682. The van der Waals surface area contributed by atoms with Crippen molar-refractivity contribution in [1.82, 2.24) is 9.80 Å². The van der Waals surface area contributed by atoms with Gasteiger partial charge in [-0.1, -0.05) is 26.7 Å². The zero-order valence-electron chi connectivity index (χ0n) is 18.2. The van der Waals surface area contributed by atoms with E-state index < -0.39 is 17.2 Å². The number of hydrogen-bond donors (Lipinski definition) is 1. The van der Waals surface area contributed by atoms with Crippen molar-refractivity contribution in [3.63, 3.8) is 0 Å². The second-order valence-electron chi connectivity index (χ2n) is 8.07. The van der Waals surface area contributed by atoms with Gasteiger partial charge in [0.05, 0.1) is 6.54 Å². The van der Waals surface area contributed by atoms with Crippen LogP contribution < -0.4 is 4.74 Å². The molecule has 0 aromatic heterocycles. The highest BCUT2D eigenvalue weighted by atomic mass is 19.1. The number of carbonyl (C=O) groups excluding carboxylic acids is 1. The maximum atomic E-state index is 13.5. The lowest BCUT2D eigenvalue weighted by Gasteiger charge is -2.36. The first-order valence-corrected chi connectivity index (χ1v) is 10.6. The Kier molecular flexibility index (Phi) is 9.45. The van der Waals surface area contributed by atoms with Crippen LogP contribution in [0.15, 0.2) is 18.2 Å². The quantitative estimate of drug-likeness (QED) is 0.621. The van der Waals surface area contributed by atoms with Gasteiger partial charge in [-0.25, -0.2) is 8.78 Å². The SMILES string of the molecule is CCCC(CCC)N1CCN(C(=O)COC)C[C@@](O)(COc2cc(F)cc(F)c2)C1. The van der Waals surface area contributed by atoms with E-state index in [-0.39, 0.29) is 37.5 Å². The van der Waals surface area contributed by atoms with Crippen LogP contribution in [0.1, 0.15) is 39.5 Å². The number of rotatable bonds is 10. The number of hydrogen-bond acceptors (Lipinski definition) is 5. The molecule has 8 heteroatoms. The Hall–Kier alpha value is -1.77. The highest BCUT2D eigenvalue weighted by Crippen LogP contribution is 2.23. The number of amides is 1. The molecule has 170 valence electrons. The summed E-state index contributed by atoms with van der Waals surface area (Å²) in [5.41, 5.74) is -1.39. The minimum Gasteiger partial charge on any atom is -0.490 e. The number of halogens is 2. The lowest BCUT2D eigenvalue weighted by atomic mass is 10.00. The molecule has 0 unspecified atom stereocenters. The lowest BCUT2D eigenvalue weighted by Crippen LogP contribution is -2.53. The van der Waals surface area contributed by atoms with Crippen LogP contribution >= 0.6 is 0 Å². The monoisotopic (exact) mass is 428 g/mol. The largest absolute Gasteiger partial charge is 0.490 e. The van der Waals surface area contributed by atoms with E-state index in [0.29, 0.717) is 19.6 Å². The predicted octanol–water partition coefficient (Wildman–Crippen LogP) is 2.83. The first kappa shape index (κ1) is 24.5. The molecule has 1 fully saturated rings. The normalized spacial score (nSPS) is 20.4. The number of benzene rings is 1. The van der Waals surface area contributed by atoms with E-state index in [1.807, 2.05) is 0 Å². The number of nitrogens with zero attached hydrogens (tertiary/aromatic N) is 2. The molecule has 0 aliphatic carbocycles. The molecule has 1 aliphatic heterocycles. The summed E-state index contributed by atoms with van der Waals surface area (Å²) in [5, 5.41) is 11.4. The Labute approximate surface area is 177 Å². The molecule has 0 spiro atoms. The fourth-order valence-corrected chi connectivity index (χ4v) is 4.03. The molecule has 1 atom stereocenters. The van der Waals surface area contributed by atoms with Gasteiger partial charge in [0, 0.05) is 51.0 Å². The highest BCUT2D eigenvalue weighted by Gasteiger charge is 2.39. The molecule has 1 amide bonds. The van der Waals surface area contributed by atoms with Crippen molar-refractivity contribution < 1.29 is 28.2 Å². The summed E-state index contributed by atoms with van der Waals surface area (Å²) in [6, 6.07) is 3.20. The number of ether oxygens (including phenoxy) is 2. The van der Waals surface area contributed by atoms with E-state index in [9.17, 15) is 18.7 Å². The number of β-amino-alcohol motifs (C(OH)–C–C–N with tert-alkyl or cyclic N) is 1. The van der Waals surface area contributed by atoms with Crippen LogP contribution in [0.2, 0.25) is 0 Å². The Bertz CT molecular complexity index is 665. The zero-order chi connectivity index (χ0) is 22.1. The lowest BCUT2D eigenvalue weighted by molar-refractivity contribution is -0.138. The van der Waals surface area contributed by atoms with Crippen molar-refractivity contribution in [3.8, 4) is 5.75 Å². The van der Waals surface area contributed by atoms with Gasteiger partial charge in [-0.15, -0.1) is 0 Å². The molecule has 0 bridgehead atoms. The average molecular weight is 429 g/mol. The summed E-state index contributed by atoms with van der Waals surface area (Å²) < 4.78 is 37.5. The molecule has 0 saturated carbocycles. The number of methoxy groups -OCH3 is 1. The summed E-state index contributed by atoms with van der Waals surface area (Å²) in [4.78, 5) is 16.2. The minimum absolute atomic E-state index is 0.00477. The second kappa shape index (κ2) is 11.6. The van der Waals surface area contributed by atoms with Crippen molar-refractivity contribution in [3.05, 3.63) is 29.8 Å². The Morgan fingerprint density at radius 3 is 2.33 bits per heavy atom. The minimum atomic E-state index is -1.39. The zero-order valence-corrected chi connectivity index (χ0v) is 18.2. The molecule has 0 radical (unpaired) electrons. The van der Waals surface area contributed by atoms with E-state index in [2.05, 4.69) is 18.7 Å². The summed E-state index contributed by atoms with van der Waals surface area (Å²) in [6.45, 7) is 5.49. The third kappa shape index (κ3) is 7.18. The van der Waals surface area contributed by atoms with E-state index in [1.165, 1.54) is 7.11 Å². The van der Waals surface area contributed by atoms with Crippen LogP contribution in [0, 0.1) is 11.6 Å². The molecule has 6 nitrogen and oxygen atoms in total. The first-order chi connectivity index (χ1) is 14.3. The maximum absolute atomic E-state index is 13.5. The summed E-state index contributed by atoms with van der Waals surface area (Å²) in [5.74, 6) is -1.70. The Morgan fingerprint density at radius 1 is 1.13 bits per heavy atom. The molecule has 30 heavy (non-hydrogen) atoms. The molecule has 1 aromatic carbocycles. The van der Waals surface area contributed by atoms with Gasteiger partial charge in [-0.3, -0.25) is 9.69 Å². The van der Waals surface area contributed by atoms with E-state index in [4.69, 9.17) is 9.47 Å². The number of carbonyl (C=O) groups is 1. The first-order valence-electron chi connectivity index (χ1n) is 10.6. The van der Waals surface area contributed by atoms with Gasteiger partial charge in [-0.2, -0.15) is 0 Å². The van der Waals surface area contributed by atoms with Gasteiger partial charge < -0.3 is 19.5 Å². The van der Waals surface area contributed by atoms with Gasteiger partial charge >= 0.3 is 0 Å². The Morgan fingerprint density at radius 2 is 1.77 bits per heavy atom. The van der Waals surface area contributed by atoms with Gasteiger partial charge in [0.1, 0.15) is 36.2 Å². The molecule has 2 rings (SSSR count). The van der Waals surface area contributed by atoms with E-state index in [1.54, 1.807) is 4.90 Å². The van der Waals surface area contributed by atoms with Crippen LogP contribution in [-0.2, 0) is 9.53 Å². The summed E-state index contributed by atoms with van der Waals surface area (Å²) >= 11 is 0. The van der Waals surface area contributed by atoms with Crippen LogP contribution in [0.25, 0.3) is 0 Å². The van der Waals surface area contributed by atoms with E-state index in [0.717, 1.165) is 43.9 Å². The van der Waals surface area contributed by atoms with Crippen molar-refractivity contribution >= 4 is 5.91 Å². The third-order valence-corrected chi connectivity index (χ3v) is 5.36. The molecular weight excluding hydrogens is 394 g/mol. The third-order valence-electron chi connectivity index (χ3n) is 5.36. The van der Waals surface area contributed by atoms with Crippen molar-refractivity contribution in [2.45, 2.75) is 51.2 Å². The smallest absolute Gasteiger partial charge is 0.248 e. The molecular formula is C22H34F2N2O4. The number of aliphatic hydroxyl groups is 1. The average Bonchev–Trinajstić information content (AvgIpc) is 2.85. The van der Waals surface area contributed by atoms with Gasteiger partial charge in [0.15, 0.2) is 0 Å². The molecule has 1 N–H and O–H groups in total. The van der Waals surface area contributed by atoms with Crippen molar-refractivity contribution in [1.29, 1.82) is 0 Å². The second-order valence-corrected chi connectivity index (χ2v) is 8.07. The van der Waals surface area contributed by atoms with Crippen LogP contribution in [0.3, 0.4) is 0 Å². The van der Waals surface area contributed by atoms with Crippen LogP contribution in [-0.4, -0.2) is 79.0 Å². The summed E-state index contributed by atoms with van der Waals surface area (Å²) in [6.07, 6.45) is 4.02. The maximum Gasteiger partial charge on any atom is 0.248 e. The van der Waals surface area contributed by atoms with Crippen molar-refractivity contribution in [2.75, 3.05) is 46.5 Å². The van der Waals surface area contributed by atoms with Gasteiger partial charge in [-0.05, 0) is 12.8 Å². The van der Waals surface area contributed by atoms with Gasteiger partial charge in [0.25, 0.3) is 0 Å². The molecule has 1 aliphatic rings. The predicted molar refractivity (Wildman–Crippen MR) is 110 cm³/mol. The Balaban J connectivity index is 2.21. The fourth-order valence-electron chi connectivity index (χ4n) is 4.03. The highest BCUT2D eigenvalue weighted by molar-refractivity contribution is 5.77. The molecule has 1 aromatic rings. The topological polar surface area (TPSA) is 62.2 Å².